The van der Waals surface area contributed by atoms with Crippen molar-refractivity contribution >= 4 is 35.0 Å². The molecule has 250 valence electrons. The molecule has 2 aromatic carbocycles. The summed E-state index contributed by atoms with van der Waals surface area (Å²) < 4.78 is 6.54. The minimum atomic E-state index is -1.16. The molecule has 4 aliphatic heterocycles. The lowest BCUT2D eigenvalue weighted by Crippen LogP contribution is -2.56. The summed E-state index contributed by atoms with van der Waals surface area (Å²) in [5.74, 6) is -2.13. The zero-order valence-corrected chi connectivity index (χ0v) is 28.0. The maximum Gasteiger partial charge on any atom is 0.246 e. The van der Waals surface area contributed by atoms with Crippen LogP contribution in [0.3, 0.4) is 0 Å². The highest BCUT2D eigenvalue weighted by Crippen LogP contribution is 2.55. The number of likely N-dealkylation sites (tertiary alicyclic amines) is 1. The van der Waals surface area contributed by atoms with E-state index in [0.29, 0.717) is 17.3 Å². The first-order valence-electron chi connectivity index (χ1n) is 17.4. The number of aryl methyl sites for hydroxylation is 1. The number of hydrogen-bond acceptors (Lipinski definition) is 6. The molecule has 4 heterocycles. The van der Waals surface area contributed by atoms with Crippen LogP contribution in [0.4, 0.5) is 5.69 Å². The van der Waals surface area contributed by atoms with Crippen LogP contribution in [-0.4, -0.2) is 95.5 Å². The number of carbonyl (C=O) groups is 3. The van der Waals surface area contributed by atoms with Crippen LogP contribution in [0.2, 0.25) is 5.02 Å². The first-order valence-corrected chi connectivity index (χ1v) is 17.7. The Bertz CT molecular complexity index is 1510. The Balaban J connectivity index is 1.04. The van der Waals surface area contributed by atoms with Crippen LogP contribution in [0.15, 0.2) is 60.7 Å². The maximum atomic E-state index is 14.4. The van der Waals surface area contributed by atoms with Crippen molar-refractivity contribution < 1.29 is 19.1 Å². The predicted molar refractivity (Wildman–Crippen MR) is 182 cm³/mol. The van der Waals surface area contributed by atoms with Crippen molar-refractivity contribution in [2.45, 2.75) is 75.8 Å². The zero-order valence-electron chi connectivity index (χ0n) is 27.2. The van der Waals surface area contributed by atoms with Gasteiger partial charge in [0.1, 0.15) is 11.6 Å². The molecule has 1 spiro atoms. The summed E-state index contributed by atoms with van der Waals surface area (Å²) in [6.45, 7) is 8.08. The average Bonchev–Trinajstić information content (AvgIpc) is 3.72. The number of hydrogen-bond donors (Lipinski definition) is 2. The number of nitrogens with zero attached hydrogens (tertiary/aromatic N) is 3. The second-order valence-electron chi connectivity index (χ2n) is 14.0. The zero-order chi connectivity index (χ0) is 32.5. The van der Waals surface area contributed by atoms with Gasteiger partial charge in [-0.3, -0.25) is 19.3 Å². The third-order valence-electron chi connectivity index (χ3n) is 10.9. The largest absolute Gasteiger partial charge is 0.359 e. The van der Waals surface area contributed by atoms with Gasteiger partial charge in [-0.15, -0.1) is 0 Å². The summed E-state index contributed by atoms with van der Waals surface area (Å²) in [6, 6.07) is 15.2. The third-order valence-corrected chi connectivity index (χ3v) is 11.3. The van der Waals surface area contributed by atoms with Crippen molar-refractivity contribution in [1.29, 1.82) is 0 Å². The van der Waals surface area contributed by atoms with E-state index in [9.17, 15) is 14.4 Å². The van der Waals surface area contributed by atoms with Crippen molar-refractivity contribution in [2.75, 3.05) is 44.6 Å². The molecule has 2 bridgehead atoms. The number of amides is 3. The second-order valence-corrected chi connectivity index (χ2v) is 14.4. The van der Waals surface area contributed by atoms with Crippen LogP contribution in [0, 0.1) is 18.8 Å². The molecule has 2 N–H and O–H groups in total. The van der Waals surface area contributed by atoms with Crippen LogP contribution in [0.25, 0.3) is 0 Å². The van der Waals surface area contributed by atoms with Crippen molar-refractivity contribution in [2.24, 2.45) is 11.8 Å². The first-order chi connectivity index (χ1) is 22.8. The van der Waals surface area contributed by atoms with Crippen molar-refractivity contribution in [3.05, 3.63) is 76.8 Å². The van der Waals surface area contributed by atoms with Gasteiger partial charge < -0.3 is 25.2 Å². The summed E-state index contributed by atoms with van der Waals surface area (Å²) >= 11 is 6.33. The second kappa shape index (κ2) is 13.7. The molecular weight excluding hydrogens is 614 g/mol. The molecule has 9 nitrogen and oxygen atoms in total. The van der Waals surface area contributed by atoms with Crippen LogP contribution in [-0.2, 0) is 25.7 Å². The molecular formula is C37H46ClN5O4. The van der Waals surface area contributed by atoms with Gasteiger partial charge in [-0.05, 0) is 56.0 Å². The molecule has 3 saturated heterocycles. The fourth-order valence-electron chi connectivity index (χ4n) is 8.41. The first kappa shape index (κ1) is 32.3. The molecule has 1 saturated carbocycles. The summed E-state index contributed by atoms with van der Waals surface area (Å²) in [7, 11) is 0. The quantitative estimate of drug-likeness (QED) is 0.368. The van der Waals surface area contributed by atoms with Gasteiger partial charge in [-0.25, -0.2) is 0 Å². The van der Waals surface area contributed by atoms with Gasteiger partial charge in [-0.2, -0.15) is 0 Å². The summed E-state index contributed by atoms with van der Waals surface area (Å²) in [6.07, 6.45) is 9.20. The molecule has 0 aromatic heterocycles. The van der Waals surface area contributed by atoms with Gasteiger partial charge in [0.2, 0.25) is 17.7 Å². The van der Waals surface area contributed by atoms with E-state index in [-0.39, 0.29) is 23.8 Å². The molecule has 2 aromatic rings. The predicted octanol–water partition coefficient (Wildman–Crippen LogP) is 4.39. The van der Waals surface area contributed by atoms with E-state index in [1.54, 1.807) is 11.0 Å². The number of fused-ring (bicyclic) bond motifs is 1. The van der Waals surface area contributed by atoms with E-state index < -0.39 is 29.6 Å². The lowest BCUT2D eigenvalue weighted by molar-refractivity contribution is -0.141. The van der Waals surface area contributed by atoms with E-state index in [2.05, 4.69) is 44.7 Å². The van der Waals surface area contributed by atoms with Gasteiger partial charge >= 0.3 is 0 Å². The maximum absolute atomic E-state index is 14.4. The minimum Gasteiger partial charge on any atom is -0.359 e. The molecule has 5 aliphatic rings. The molecule has 0 unspecified atom stereocenters. The highest BCUT2D eigenvalue weighted by molar-refractivity contribution is 6.31. The Morgan fingerprint density at radius 2 is 1.70 bits per heavy atom. The number of rotatable bonds is 10. The Morgan fingerprint density at radius 1 is 0.957 bits per heavy atom. The Morgan fingerprint density at radius 3 is 2.45 bits per heavy atom. The van der Waals surface area contributed by atoms with Gasteiger partial charge in [0.05, 0.1) is 17.9 Å². The number of halogens is 1. The number of anilines is 1. The van der Waals surface area contributed by atoms with Crippen LogP contribution < -0.4 is 10.6 Å². The third kappa shape index (κ3) is 6.47. The Kier molecular flexibility index (Phi) is 9.42. The molecule has 10 heteroatoms. The van der Waals surface area contributed by atoms with E-state index >= 15 is 0 Å². The van der Waals surface area contributed by atoms with Gasteiger partial charge in [0.15, 0.2) is 0 Å². The normalized spacial score (nSPS) is 29.3. The Hall–Kier alpha value is -3.24. The lowest BCUT2D eigenvalue weighted by atomic mass is 9.74. The van der Waals surface area contributed by atoms with Crippen LogP contribution >= 0.6 is 11.6 Å². The summed E-state index contributed by atoms with van der Waals surface area (Å²) in [4.78, 5) is 48.9. The van der Waals surface area contributed by atoms with Crippen LogP contribution in [0.1, 0.15) is 49.7 Å². The SMILES string of the molecule is Cc1ccc(NC(=O)[C@H]2[C@@H]3C=C[C@]4(O3)[C@@H]2C(=O)N(CCCN2CCN(Cc3ccccc3)CC2)[C@H]4C(=O)NC2CCCCC2)cc1Cl. The molecule has 4 fully saturated rings. The van der Waals surface area contributed by atoms with E-state index in [4.69, 9.17) is 16.3 Å². The molecule has 5 atom stereocenters. The average molecular weight is 660 g/mol. The smallest absolute Gasteiger partial charge is 0.246 e. The number of piperazine rings is 1. The molecule has 47 heavy (non-hydrogen) atoms. The standard InChI is InChI=1S/C37H46ClN5O4/c1-25-13-14-28(23-29(25)38)40-34(44)31-30-15-16-37(47-30)32(31)36(46)43(33(37)35(45)39-27-11-6-3-7-12-27)18-8-17-41-19-21-42(22-20-41)24-26-9-4-2-5-10-26/h2,4-5,9-10,13-16,23,27,30-33H,3,6-8,11-12,17-22,24H2,1H3,(H,39,45)(H,40,44)/t30-,31-,32-,33-,37-/m0/s1. The summed E-state index contributed by atoms with van der Waals surface area (Å²) in [5.41, 5.74) is 1.66. The highest BCUT2D eigenvalue weighted by Gasteiger charge is 2.72. The molecule has 0 radical (unpaired) electrons. The van der Waals surface area contributed by atoms with Gasteiger partial charge in [-0.1, -0.05) is 79.4 Å². The molecule has 1 aliphatic carbocycles. The number of nitrogens with one attached hydrogen (secondary N) is 2. The van der Waals surface area contributed by atoms with E-state index in [0.717, 1.165) is 76.9 Å². The van der Waals surface area contributed by atoms with E-state index in [1.807, 2.05) is 37.3 Å². The number of ether oxygens (including phenoxy) is 1. The number of carbonyl (C=O) groups excluding carboxylic acids is 3. The fourth-order valence-corrected chi connectivity index (χ4v) is 8.59. The van der Waals surface area contributed by atoms with Crippen molar-refractivity contribution in [3.8, 4) is 0 Å². The Labute approximate surface area is 282 Å². The van der Waals surface area contributed by atoms with Gasteiger partial charge in [0.25, 0.3) is 0 Å². The molecule has 3 amide bonds. The van der Waals surface area contributed by atoms with Gasteiger partial charge in [0, 0.05) is 56.0 Å². The monoisotopic (exact) mass is 659 g/mol. The summed E-state index contributed by atoms with van der Waals surface area (Å²) in [5, 5.41) is 6.82. The van der Waals surface area contributed by atoms with Crippen LogP contribution in [0.5, 0.6) is 0 Å². The minimum absolute atomic E-state index is 0.101. The highest BCUT2D eigenvalue weighted by atomic mass is 35.5. The van der Waals surface area contributed by atoms with Crippen molar-refractivity contribution in [3.63, 3.8) is 0 Å². The molecule has 7 rings (SSSR count). The topological polar surface area (TPSA) is 94.2 Å². The van der Waals surface area contributed by atoms with Crippen molar-refractivity contribution in [1.82, 2.24) is 20.0 Å². The van der Waals surface area contributed by atoms with E-state index in [1.165, 1.54) is 12.0 Å². The fraction of sp³-hybridized carbons (Fsp3) is 0.541. The lowest BCUT2D eigenvalue weighted by Gasteiger charge is -2.36. The number of benzene rings is 2.